The monoisotopic (exact) mass is 627 g/mol. The highest BCUT2D eigenvalue weighted by atomic mass is 79.9. The SMILES string of the molecule is CCNC(=O)c1c(NC)nc(CC)n1Cc1ccc2oc(-c3ccccc3NS(=O)(=O)C(F)(F)F)c(Br)c2c1. The number of furan rings is 1. The highest BCUT2D eigenvalue weighted by Gasteiger charge is 2.46. The Bertz CT molecular complexity index is 1650. The molecule has 0 saturated heterocycles. The van der Waals surface area contributed by atoms with Gasteiger partial charge >= 0.3 is 15.5 Å². The first-order valence-corrected chi connectivity index (χ1v) is 14.1. The van der Waals surface area contributed by atoms with Crippen molar-refractivity contribution in [3.63, 3.8) is 0 Å². The fourth-order valence-electron chi connectivity index (χ4n) is 4.13. The summed E-state index contributed by atoms with van der Waals surface area (Å²) < 4.78 is 72.3. The Morgan fingerprint density at radius 3 is 2.51 bits per heavy atom. The van der Waals surface area contributed by atoms with Crippen LogP contribution in [0.4, 0.5) is 24.7 Å². The molecule has 4 rings (SSSR count). The largest absolute Gasteiger partial charge is 0.516 e. The molecule has 9 nitrogen and oxygen atoms in total. The Morgan fingerprint density at radius 1 is 1.15 bits per heavy atom. The number of para-hydroxylation sites is 1. The summed E-state index contributed by atoms with van der Waals surface area (Å²) in [4.78, 5) is 17.4. The molecule has 0 spiro atoms. The van der Waals surface area contributed by atoms with Gasteiger partial charge < -0.3 is 19.6 Å². The topological polar surface area (TPSA) is 118 Å². The highest BCUT2D eigenvalue weighted by molar-refractivity contribution is 9.10. The molecule has 0 aliphatic heterocycles. The number of nitrogens with one attached hydrogen (secondary N) is 3. The molecule has 0 aliphatic carbocycles. The predicted octanol–water partition coefficient (Wildman–Crippen LogP) is 5.72. The van der Waals surface area contributed by atoms with Crippen molar-refractivity contribution in [3.8, 4) is 11.3 Å². The van der Waals surface area contributed by atoms with Gasteiger partial charge in [-0.05, 0) is 52.7 Å². The average molecular weight is 628 g/mol. The summed E-state index contributed by atoms with van der Waals surface area (Å²) in [5.74, 6) is 1.06. The van der Waals surface area contributed by atoms with Crippen LogP contribution < -0.4 is 15.4 Å². The van der Waals surface area contributed by atoms with Crippen LogP contribution in [0.15, 0.2) is 51.4 Å². The second-order valence-electron chi connectivity index (χ2n) is 8.45. The second-order valence-corrected chi connectivity index (χ2v) is 10.9. The number of hydrogen-bond acceptors (Lipinski definition) is 6. The molecule has 0 aliphatic rings. The van der Waals surface area contributed by atoms with Crippen LogP contribution in [0.3, 0.4) is 0 Å². The Labute approximate surface area is 231 Å². The molecule has 4 aromatic rings. The van der Waals surface area contributed by atoms with E-state index in [2.05, 4.69) is 31.5 Å². The third kappa shape index (κ3) is 5.48. The number of rotatable bonds is 9. The fraction of sp³-hybridized carbons (Fsp3) is 0.280. The lowest BCUT2D eigenvalue weighted by atomic mass is 10.1. The number of halogens is 4. The van der Waals surface area contributed by atoms with Crippen molar-refractivity contribution in [3.05, 3.63) is 64.0 Å². The zero-order chi connectivity index (χ0) is 28.5. The highest BCUT2D eigenvalue weighted by Crippen LogP contribution is 2.42. The molecule has 39 heavy (non-hydrogen) atoms. The van der Waals surface area contributed by atoms with Crippen LogP contribution in [0.2, 0.25) is 0 Å². The molecule has 0 bridgehead atoms. The smallest absolute Gasteiger partial charge is 0.455 e. The van der Waals surface area contributed by atoms with Crippen molar-refractivity contribution < 1.29 is 30.8 Å². The molecule has 0 fully saturated rings. The zero-order valence-corrected chi connectivity index (χ0v) is 23.5. The van der Waals surface area contributed by atoms with Crippen LogP contribution in [0.1, 0.15) is 35.7 Å². The number of alkyl halides is 3. The number of carbonyl (C=O) groups is 1. The van der Waals surface area contributed by atoms with E-state index in [0.717, 1.165) is 5.56 Å². The normalized spacial score (nSPS) is 12.1. The molecule has 3 N–H and O–H groups in total. The summed E-state index contributed by atoms with van der Waals surface area (Å²) in [7, 11) is -3.95. The van der Waals surface area contributed by atoms with E-state index in [-0.39, 0.29) is 22.9 Å². The second kappa shape index (κ2) is 10.9. The number of sulfonamides is 1. The molecular formula is C25H25BrF3N5O4S. The third-order valence-corrected chi connectivity index (χ3v) is 7.79. The number of nitrogens with zero attached hydrogens (tertiary/aromatic N) is 2. The van der Waals surface area contributed by atoms with Crippen molar-refractivity contribution in [1.29, 1.82) is 0 Å². The van der Waals surface area contributed by atoms with Gasteiger partial charge in [0.05, 0.1) is 10.2 Å². The van der Waals surface area contributed by atoms with Gasteiger partial charge in [0.15, 0.2) is 17.3 Å². The molecule has 0 radical (unpaired) electrons. The van der Waals surface area contributed by atoms with E-state index < -0.39 is 15.5 Å². The van der Waals surface area contributed by atoms with Gasteiger partial charge in [0.1, 0.15) is 11.4 Å². The van der Waals surface area contributed by atoms with Crippen LogP contribution in [0.25, 0.3) is 22.3 Å². The molecule has 0 atom stereocenters. The molecule has 14 heteroatoms. The first kappa shape index (κ1) is 28.5. The van der Waals surface area contributed by atoms with Crippen molar-refractivity contribution in [2.24, 2.45) is 0 Å². The summed E-state index contributed by atoms with van der Waals surface area (Å²) in [5, 5.41) is 6.40. The van der Waals surface area contributed by atoms with E-state index in [1.165, 1.54) is 18.2 Å². The minimum absolute atomic E-state index is 0.120. The molecule has 0 saturated carbocycles. The Hall–Kier alpha value is -3.52. The molecular weight excluding hydrogens is 603 g/mol. The number of aryl methyl sites for hydroxylation is 1. The first-order chi connectivity index (χ1) is 18.4. The predicted molar refractivity (Wildman–Crippen MR) is 146 cm³/mol. The maximum atomic E-state index is 13.0. The lowest BCUT2D eigenvalue weighted by molar-refractivity contribution is -0.0429. The summed E-state index contributed by atoms with van der Waals surface area (Å²) in [6, 6.07) is 11.0. The van der Waals surface area contributed by atoms with Gasteiger partial charge in [-0.15, -0.1) is 0 Å². The van der Waals surface area contributed by atoms with Crippen LogP contribution in [0.5, 0.6) is 0 Å². The summed E-state index contributed by atoms with van der Waals surface area (Å²) in [6.07, 6.45) is 0.584. The van der Waals surface area contributed by atoms with Crippen molar-refractivity contribution in [2.45, 2.75) is 32.3 Å². The lowest BCUT2D eigenvalue weighted by Crippen LogP contribution is -2.30. The van der Waals surface area contributed by atoms with E-state index in [1.54, 1.807) is 30.0 Å². The van der Waals surface area contributed by atoms with Crippen molar-refractivity contribution in [2.75, 3.05) is 23.6 Å². The van der Waals surface area contributed by atoms with Crippen LogP contribution >= 0.6 is 15.9 Å². The number of amides is 1. The average Bonchev–Trinajstić information content (AvgIpc) is 3.40. The molecule has 0 unspecified atom stereocenters. The molecule has 2 heterocycles. The van der Waals surface area contributed by atoms with Gasteiger partial charge in [0, 0.05) is 37.5 Å². The maximum Gasteiger partial charge on any atom is 0.516 e. The third-order valence-electron chi connectivity index (χ3n) is 5.91. The minimum Gasteiger partial charge on any atom is -0.455 e. The van der Waals surface area contributed by atoms with Crippen molar-refractivity contribution in [1.82, 2.24) is 14.9 Å². The number of fused-ring (bicyclic) bond motifs is 1. The fourth-order valence-corrected chi connectivity index (χ4v) is 5.32. The number of carbonyl (C=O) groups excluding carboxylic acids is 1. The van der Waals surface area contributed by atoms with Gasteiger partial charge in [0.25, 0.3) is 5.91 Å². The maximum absolute atomic E-state index is 13.0. The van der Waals surface area contributed by atoms with E-state index in [4.69, 9.17) is 4.42 Å². The van der Waals surface area contributed by atoms with Gasteiger partial charge in [-0.1, -0.05) is 25.1 Å². The number of hydrogen-bond donors (Lipinski definition) is 3. The zero-order valence-electron chi connectivity index (χ0n) is 21.1. The van der Waals surface area contributed by atoms with Gasteiger partial charge in [-0.25, -0.2) is 4.98 Å². The van der Waals surface area contributed by atoms with Crippen molar-refractivity contribution >= 4 is 54.3 Å². The summed E-state index contributed by atoms with van der Waals surface area (Å²) in [5.41, 5.74) is -4.02. The Kier molecular flexibility index (Phi) is 7.98. The van der Waals surface area contributed by atoms with Gasteiger partial charge in [-0.3, -0.25) is 9.52 Å². The minimum atomic E-state index is -5.64. The van der Waals surface area contributed by atoms with E-state index in [1.807, 2.05) is 24.5 Å². The quantitative estimate of drug-likeness (QED) is 0.218. The van der Waals surface area contributed by atoms with E-state index in [9.17, 15) is 26.4 Å². The lowest BCUT2D eigenvalue weighted by Gasteiger charge is -2.13. The Balaban J connectivity index is 1.77. The first-order valence-electron chi connectivity index (χ1n) is 11.9. The number of aromatic nitrogens is 2. The molecule has 1 amide bonds. The van der Waals surface area contributed by atoms with Gasteiger partial charge in [0.2, 0.25) is 0 Å². The standard InChI is InChI=1S/C25H25BrF3N5O4S/c1-4-19-32-23(30-3)21(24(35)31-5-2)34(19)13-14-10-11-18-16(12-14)20(26)22(38-18)15-8-6-7-9-17(15)33-39(36,37)25(27,28)29/h6-12,30,33H,4-5,13H2,1-3H3,(H,31,35). The molecule has 2 aromatic carbocycles. The van der Waals surface area contributed by atoms with E-state index >= 15 is 0 Å². The van der Waals surface area contributed by atoms with Crippen LogP contribution in [-0.4, -0.2) is 43.0 Å². The van der Waals surface area contributed by atoms with Gasteiger partial charge in [-0.2, -0.15) is 21.6 Å². The summed E-state index contributed by atoms with van der Waals surface area (Å²) in [6.45, 7) is 4.53. The molecule has 208 valence electrons. The van der Waals surface area contributed by atoms with E-state index in [0.29, 0.717) is 52.3 Å². The van der Waals surface area contributed by atoms with Crippen LogP contribution in [0, 0.1) is 0 Å². The number of imidazole rings is 1. The number of benzene rings is 2. The number of anilines is 2. The summed E-state index contributed by atoms with van der Waals surface area (Å²) >= 11 is 3.48. The van der Waals surface area contributed by atoms with Crippen LogP contribution in [-0.2, 0) is 23.0 Å². The Morgan fingerprint density at radius 2 is 1.87 bits per heavy atom. The molecule has 2 aromatic heterocycles.